The van der Waals surface area contributed by atoms with Gasteiger partial charge in [-0.2, -0.15) is 0 Å². The first-order valence-electron chi connectivity index (χ1n) is 8.56. The van der Waals surface area contributed by atoms with Gasteiger partial charge in [-0.1, -0.05) is 60.7 Å². The normalized spacial score (nSPS) is 19.7. The second-order valence-corrected chi connectivity index (χ2v) is 6.58. The van der Waals surface area contributed by atoms with Gasteiger partial charge >= 0.3 is 0 Å². The van der Waals surface area contributed by atoms with Gasteiger partial charge in [-0.15, -0.1) is 0 Å². The number of aliphatic hydroxyl groups is 1. The van der Waals surface area contributed by atoms with Crippen LogP contribution in [0.4, 0.5) is 0 Å². The summed E-state index contributed by atoms with van der Waals surface area (Å²) in [7, 11) is 0. The standard InChI is InChI=1S/C22H21NO/c24-22(14-6-11-18-10-4-5-13-20(18)22)16-21-19(12-7-15-23-21)17-8-2-1-3-9-17/h1-5,7-10,12-13,15,24H,6,11,14,16H2. The Kier molecular flexibility index (Phi) is 3.91. The Morgan fingerprint density at radius 2 is 1.71 bits per heavy atom. The van der Waals surface area contributed by atoms with E-state index in [1.54, 1.807) is 0 Å². The van der Waals surface area contributed by atoms with Gasteiger partial charge in [-0.3, -0.25) is 4.98 Å². The molecule has 0 fully saturated rings. The van der Waals surface area contributed by atoms with Crippen molar-refractivity contribution in [1.29, 1.82) is 0 Å². The molecule has 0 amide bonds. The van der Waals surface area contributed by atoms with Gasteiger partial charge in [0.1, 0.15) is 0 Å². The lowest BCUT2D eigenvalue weighted by Gasteiger charge is -2.34. The average Bonchev–Trinajstić information content (AvgIpc) is 2.63. The molecule has 0 saturated carbocycles. The van der Waals surface area contributed by atoms with Crippen molar-refractivity contribution in [2.75, 3.05) is 0 Å². The molecule has 1 heterocycles. The van der Waals surface area contributed by atoms with Crippen molar-refractivity contribution in [2.45, 2.75) is 31.3 Å². The van der Waals surface area contributed by atoms with Crippen LogP contribution < -0.4 is 0 Å². The second kappa shape index (κ2) is 6.21. The summed E-state index contributed by atoms with van der Waals surface area (Å²) in [5, 5.41) is 11.4. The third-order valence-electron chi connectivity index (χ3n) is 4.99. The molecule has 0 aliphatic heterocycles. The Hall–Kier alpha value is -2.45. The fourth-order valence-corrected chi connectivity index (χ4v) is 3.82. The molecule has 3 aromatic rings. The number of rotatable bonds is 3. The molecule has 2 heteroatoms. The van der Waals surface area contributed by atoms with Crippen LogP contribution in [0.25, 0.3) is 11.1 Å². The molecule has 24 heavy (non-hydrogen) atoms. The van der Waals surface area contributed by atoms with E-state index in [2.05, 4.69) is 41.4 Å². The number of benzene rings is 2. The van der Waals surface area contributed by atoms with Crippen LogP contribution in [0.3, 0.4) is 0 Å². The zero-order valence-corrected chi connectivity index (χ0v) is 13.7. The van der Waals surface area contributed by atoms with Crippen LogP contribution in [-0.4, -0.2) is 10.1 Å². The van der Waals surface area contributed by atoms with Gasteiger partial charge in [0.2, 0.25) is 0 Å². The van der Waals surface area contributed by atoms with E-state index in [1.807, 2.05) is 36.5 Å². The first-order chi connectivity index (χ1) is 11.8. The molecule has 1 aliphatic rings. The zero-order chi connectivity index (χ0) is 16.4. The first kappa shape index (κ1) is 15.1. The fraction of sp³-hybridized carbons (Fsp3) is 0.227. The molecule has 0 saturated heterocycles. The average molecular weight is 315 g/mol. The predicted octanol–water partition coefficient (Wildman–Crippen LogP) is 4.52. The minimum absolute atomic E-state index is 0.551. The van der Waals surface area contributed by atoms with E-state index >= 15 is 0 Å². The molecular formula is C22H21NO. The monoisotopic (exact) mass is 315 g/mol. The van der Waals surface area contributed by atoms with Crippen molar-refractivity contribution in [1.82, 2.24) is 4.98 Å². The van der Waals surface area contributed by atoms with E-state index < -0.39 is 5.60 Å². The maximum absolute atomic E-state index is 11.4. The van der Waals surface area contributed by atoms with Gasteiger partial charge in [-0.25, -0.2) is 0 Å². The van der Waals surface area contributed by atoms with E-state index in [1.165, 1.54) is 5.56 Å². The SMILES string of the molecule is OC1(Cc2ncccc2-c2ccccc2)CCCc2ccccc21. The molecule has 1 unspecified atom stereocenters. The molecule has 0 bridgehead atoms. The van der Waals surface area contributed by atoms with Crippen molar-refractivity contribution in [2.24, 2.45) is 0 Å². The van der Waals surface area contributed by atoms with Crippen molar-refractivity contribution < 1.29 is 5.11 Å². The summed E-state index contributed by atoms with van der Waals surface area (Å²) in [6.07, 6.45) is 5.22. The van der Waals surface area contributed by atoms with E-state index in [4.69, 9.17) is 0 Å². The molecule has 1 atom stereocenters. The quantitative estimate of drug-likeness (QED) is 0.771. The van der Waals surface area contributed by atoms with E-state index in [0.717, 1.165) is 41.6 Å². The molecule has 1 N–H and O–H groups in total. The van der Waals surface area contributed by atoms with Gasteiger partial charge in [0.15, 0.2) is 0 Å². The van der Waals surface area contributed by atoms with Crippen LogP contribution in [0, 0.1) is 0 Å². The molecule has 4 rings (SSSR count). The first-order valence-corrected chi connectivity index (χ1v) is 8.56. The van der Waals surface area contributed by atoms with Crippen LogP contribution >= 0.6 is 0 Å². The molecule has 2 aromatic carbocycles. The third kappa shape index (κ3) is 2.74. The summed E-state index contributed by atoms with van der Waals surface area (Å²) in [6.45, 7) is 0. The number of hydrogen-bond donors (Lipinski definition) is 1. The number of nitrogens with zero attached hydrogens (tertiary/aromatic N) is 1. The maximum atomic E-state index is 11.4. The minimum Gasteiger partial charge on any atom is -0.385 e. The van der Waals surface area contributed by atoms with Gasteiger partial charge in [-0.05, 0) is 42.0 Å². The van der Waals surface area contributed by atoms with E-state index in [-0.39, 0.29) is 0 Å². The molecule has 0 spiro atoms. The van der Waals surface area contributed by atoms with Crippen LogP contribution in [0.15, 0.2) is 72.9 Å². The van der Waals surface area contributed by atoms with Crippen LogP contribution in [0.2, 0.25) is 0 Å². The molecular weight excluding hydrogens is 294 g/mol. The topological polar surface area (TPSA) is 33.1 Å². The highest BCUT2D eigenvalue weighted by Gasteiger charge is 2.35. The van der Waals surface area contributed by atoms with Gasteiger partial charge in [0, 0.05) is 18.2 Å². The number of aromatic nitrogens is 1. The highest BCUT2D eigenvalue weighted by atomic mass is 16.3. The fourth-order valence-electron chi connectivity index (χ4n) is 3.82. The van der Waals surface area contributed by atoms with Crippen LogP contribution in [0.5, 0.6) is 0 Å². The molecule has 1 aliphatic carbocycles. The largest absolute Gasteiger partial charge is 0.385 e. The lowest BCUT2D eigenvalue weighted by molar-refractivity contribution is 0.0182. The highest BCUT2D eigenvalue weighted by molar-refractivity contribution is 5.66. The Labute approximate surface area is 142 Å². The lowest BCUT2D eigenvalue weighted by atomic mass is 9.76. The van der Waals surface area contributed by atoms with Crippen molar-refractivity contribution >= 4 is 0 Å². The smallest absolute Gasteiger partial charge is 0.0954 e. The second-order valence-electron chi connectivity index (χ2n) is 6.58. The van der Waals surface area contributed by atoms with Gasteiger partial charge in [0.25, 0.3) is 0 Å². The molecule has 0 radical (unpaired) electrons. The summed E-state index contributed by atoms with van der Waals surface area (Å²) in [5.74, 6) is 0. The summed E-state index contributed by atoms with van der Waals surface area (Å²) in [4.78, 5) is 4.61. The lowest BCUT2D eigenvalue weighted by Crippen LogP contribution is -2.33. The Bertz CT molecular complexity index is 843. The summed E-state index contributed by atoms with van der Waals surface area (Å²) in [5.41, 5.74) is 4.72. The molecule has 1 aromatic heterocycles. The summed E-state index contributed by atoms with van der Waals surface area (Å²) >= 11 is 0. The van der Waals surface area contributed by atoms with E-state index in [0.29, 0.717) is 6.42 Å². The van der Waals surface area contributed by atoms with Crippen molar-refractivity contribution in [3.63, 3.8) is 0 Å². The third-order valence-corrected chi connectivity index (χ3v) is 4.99. The summed E-state index contributed by atoms with van der Waals surface area (Å²) in [6, 6.07) is 22.6. The number of hydrogen-bond acceptors (Lipinski definition) is 2. The Morgan fingerprint density at radius 1 is 0.917 bits per heavy atom. The maximum Gasteiger partial charge on any atom is 0.0954 e. The summed E-state index contributed by atoms with van der Waals surface area (Å²) < 4.78 is 0. The number of aryl methyl sites for hydroxylation is 1. The molecule has 2 nitrogen and oxygen atoms in total. The Balaban J connectivity index is 1.75. The van der Waals surface area contributed by atoms with Crippen LogP contribution in [0.1, 0.15) is 29.7 Å². The van der Waals surface area contributed by atoms with E-state index in [9.17, 15) is 5.11 Å². The van der Waals surface area contributed by atoms with Gasteiger partial charge < -0.3 is 5.11 Å². The van der Waals surface area contributed by atoms with Crippen molar-refractivity contribution in [3.05, 3.63) is 89.7 Å². The number of fused-ring (bicyclic) bond motifs is 1. The minimum atomic E-state index is -0.827. The van der Waals surface area contributed by atoms with Crippen molar-refractivity contribution in [3.8, 4) is 11.1 Å². The van der Waals surface area contributed by atoms with Gasteiger partial charge in [0.05, 0.1) is 11.3 Å². The van der Waals surface area contributed by atoms with Crippen LogP contribution in [-0.2, 0) is 18.4 Å². The zero-order valence-electron chi connectivity index (χ0n) is 13.7. The Morgan fingerprint density at radius 3 is 2.58 bits per heavy atom. The highest BCUT2D eigenvalue weighted by Crippen LogP contribution is 2.39. The predicted molar refractivity (Wildman–Crippen MR) is 96.7 cm³/mol. The molecule has 120 valence electrons. The number of pyridine rings is 1.